The van der Waals surface area contributed by atoms with Crippen molar-refractivity contribution in [1.29, 1.82) is 5.26 Å². The van der Waals surface area contributed by atoms with E-state index in [1.54, 1.807) is 17.7 Å². The van der Waals surface area contributed by atoms with Crippen molar-refractivity contribution in [2.45, 2.75) is 69.9 Å². The molecule has 0 amide bonds. The summed E-state index contributed by atoms with van der Waals surface area (Å²) in [6, 6.07) is 3.07. The summed E-state index contributed by atoms with van der Waals surface area (Å²) in [5, 5.41) is 10.4. The molecule has 3 aliphatic rings. The van der Waals surface area contributed by atoms with Crippen LogP contribution in [0.15, 0.2) is 6.33 Å². The molecule has 2 aliphatic carbocycles. The van der Waals surface area contributed by atoms with Gasteiger partial charge in [0, 0.05) is 29.9 Å². The van der Waals surface area contributed by atoms with Gasteiger partial charge in [0.05, 0.1) is 24.7 Å². The zero-order valence-electron chi connectivity index (χ0n) is 17.7. The Labute approximate surface area is 182 Å². The summed E-state index contributed by atoms with van der Waals surface area (Å²) in [6.07, 6.45) is 9.53. The quantitative estimate of drug-likeness (QED) is 0.710. The summed E-state index contributed by atoms with van der Waals surface area (Å²) in [4.78, 5) is 14.2. The van der Waals surface area contributed by atoms with E-state index in [1.165, 1.54) is 23.3 Å². The minimum absolute atomic E-state index is 0.0698. The van der Waals surface area contributed by atoms with Crippen molar-refractivity contribution >= 4 is 21.6 Å². The van der Waals surface area contributed by atoms with E-state index in [0.717, 1.165) is 74.5 Å². The lowest BCUT2D eigenvalue weighted by Gasteiger charge is -2.38. The molecule has 30 heavy (non-hydrogen) atoms. The van der Waals surface area contributed by atoms with Crippen LogP contribution in [0, 0.1) is 17.2 Å². The van der Waals surface area contributed by atoms with E-state index >= 15 is 0 Å². The van der Waals surface area contributed by atoms with Crippen molar-refractivity contribution in [3.8, 4) is 11.9 Å². The topological polar surface area (TPSA) is 71.3 Å². The summed E-state index contributed by atoms with van der Waals surface area (Å²) in [7, 11) is 0. The number of hydrogen-bond donors (Lipinski definition) is 0. The van der Waals surface area contributed by atoms with Gasteiger partial charge < -0.3 is 9.47 Å². The van der Waals surface area contributed by atoms with Crippen molar-refractivity contribution < 1.29 is 9.47 Å². The highest BCUT2D eigenvalue weighted by atomic mass is 32.1. The molecule has 1 aliphatic heterocycles. The molecule has 0 spiro atoms. The van der Waals surface area contributed by atoms with Crippen LogP contribution >= 0.6 is 11.3 Å². The second-order valence-corrected chi connectivity index (χ2v) is 10.1. The number of nitrogens with zero attached hydrogens (tertiary/aromatic N) is 4. The van der Waals surface area contributed by atoms with E-state index in [9.17, 15) is 5.26 Å². The van der Waals surface area contributed by atoms with Crippen LogP contribution in [0.25, 0.3) is 10.2 Å². The van der Waals surface area contributed by atoms with Gasteiger partial charge in [-0.25, -0.2) is 9.97 Å². The summed E-state index contributed by atoms with van der Waals surface area (Å²) >= 11 is 1.79. The third kappa shape index (κ3) is 3.93. The Hall–Kier alpha value is -1.75. The van der Waals surface area contributed by atoms with Crippen LogP contribution in [-0.2, 0) is 11.2 Å². The van der Waals surface area contributed by atoms with Gasteiger partial charge in [-0.3, -0.25) is 4.90 Å². The Morgan fingerprint density at radius 3 is 2.80 bits per heavy atom. The number of ether oxygens (including phenoxy) is 2. The highest BCUT2D eigenvalue weighted by molar-refractivity contribution is 7.19. The summed E-state index contributed by atoms with van der Waals surface area (Å²) in [5.74, 6) is 1.26. The lowest BCUT2D eigenvalue weighted by atomic mass is 9.91. The molecule has 0 N–H and O–H groups in total. The Morgan fingerprint density at radius 2 is 2.03 bits per heavy atom. The summed E-state index contributed by atoms with van der Waals surface area (Å²) in [5.41, 5.74) is 1.37. The van der Waals surface area contributed by atoms with Gasteiger partial charge in [-0.1, -0.05) is 0 Å². The molecule has 1 saturated heterocycles. The molecule has 2 aromatic heterocycles. The van der Waals surface area contributed by atoms with Gasteiger partial charge >= 0.3 is 0 Å². The van der Waals surface area contributed by atoms with E-state index in [1.807, 2.05) is 6.92 Å². The maximum Gasteiger partial charge on any atom is 0.225 e. The number of hydrogen-bond acceptors (Lipinski definition) is 7. The van der Waals surface area contributed by atoms with Gasteiger partial charge in [-0.2, -0.15) is 5.26 Å². The van der Waals surface area contributed by atoms with Gasteiger partial charge in [0.2, 0.25) is 5.88 Å². The lowest BCUT2D eigenvalue weighted by molar-refractivity contribution is -0.00126. The van der Waals surface area contributed by atoms with Crippen LogP contribution in [0.5, 0.6) is 5.88 Å². The van der Waals surface area contributed by atoms with Crippen molar-refractivity contribution in [3.05, 3.63) is 16.8 Å². The zero-order chi connectivity index (χ0) is 20.5. The summed E-state index contributed by atoms with van der Waals surface area (Å²) in [6.45, 7) is 5.88. The van der Waals surface area contributed by atoms with Crippen LogP contribution in [0.1, 0.15) is 61.8 Å². The lowest BCUT2D eigenvalue weighted by Crippen LogP contribution is -2.46. The SMILES string of the molecule is CC(C#N)C[C@H]1CCc2sc3ncnc(OC4CCC(N5CCOCC5)CC4)c3c21. The molecule has 1 saturated carbocycles. The molecule has 3 heterocycles. The van der Waals surface area contributed by atoms with E-state index < -0.39 is 0 Å². The van der Waals surface area contributed by atoms with Crippen LogP contribution in [-0.4, -0.2) is 53.3 Å². The molecule has 2 fully saturated rings. The molecular weight excluding hydrogens is 396 g/mol. The molecule has 7 heteroatoms. The van der Waals surface area contributed by atoms with Gasteiger partial charge in [0.1, 0.15) is 17.3 Å². The Morgan fingerprint density at radius 1 is 1.23 bits per heavy atom. The first-order chi connectivity index (χ1) is 14.7. The van der Waals surface area contributed by atoms with Gasteiger partial charge in [-0.15, -0.1) is 11.3 Å². The normalized spacial score (nSPS) is 28.2. The first-order valence-corrected chi connectivity index (χ1v) is 12.2. The monoisotopic (exact) mass is 426 g/mol. The predicted octanol–water partition coefficient (Wildman–Crippen LogP) is 4.29. The van der Waals surface area contributed by atoms with Gasteiger partial charge in [0.15, 0.2) is 0 Å². The third-order valence-electron chi connectivity index (χ3n) is 7.04. The maximum atomic E-state index is 9.29. The summed E-state index contributed by atoms with van der Waals surface area (Å²) < 4.78 is 12.0. The molecule has 6 nitrogen and oxygen atoms in total. The number of aryl methyl sites for hydroxylation is 1. The smallest absolute Gasteiger partial charge is 0.225 e. The van der Waals surface area contributed by atoms with E-state index in [0.29, 0.717) is 12.0 Å². The second kappa shape index (κ2) is 8.78. The first kappa shape index (κ1) is 20.2. The highest BCUT2D eigenvalue weighted by Crippen LogP contribution is 2.48. The molecule has 0 radical (unpaired) electrons. The van der Waals surface area contributed by atoms with E-state index in [-0.39, 0.29) is 12.0 Å². The molecule has 5 rings (SSSR count). The maximum absolute atomic E-state index is 9.29. The molecule has 2 atom stereocenters. The van der Waals surface area contributed by atoms with Crippen molar-refractivity contribution in [3.63, 3.8) is 0 Å². The predicted molar refractivity (Wildman–Crippen MR) is 117 cm³/mol. The van der Waals surface area contributed by atoms with Crippen LogP contribution in [0.3, 0.4) is 0 Å². The van der Waals surface area contributed by atoms with Gasteiger partial charge in [-0.05, 0) is 63.4 Å². The van der Waals surface area contributed by atoms with Crippen LogP contribution in [0.4, 0.5) is 0 Å². The molecule has 2 aromatic rings. The van der Waals surface area contributed by atoms with Crippen molar-refractivity contribution in [2.24, 2.45) is 5.92 Å². The molecular formula is C23H30N4O2S. The number of fused-ring (bicyclic) bond motifs is 3. The Balaban J connectivity index is 1.31. The highest BCUT2D eigenvalue weighted by Gasteiger charge is 2.33. The minimum Gasteiger partial charge on any atom is -0.474 e. The molecule has 0 bridgehead atoms. The number of rotatable bonds is 5. The van der Waals surface area contributed by atoms with E-state index in [2.05, 4.69) is 20.9 Å². The Bertz CT molecular complexity index is 925. The van der Waals surface area contributed by atoms with Crippen molar-refractivity contribution in [2.75, 3.05) is 26.3 Å². The largest absolute Gasteiger partial charge is 0.474 e. The van der Waals surface area contributed by atoms with Gasteiger partial charge in [0.25, 0.3) is 0 Å². The van der Waals surface area contributed by atoms with Crippen molar-refractivity contribution in [1.82, 2.24) is 14.9 Å². The standard InChI is InChI=1S/C23H30N4O2S/c1-15(13-24)12-16-2-7-19-20(16)21-22(25-14-26-23(21)30-19)29-18-5-3-17(4-6-18)27-8-10-28-11-9-27/h14-18H,2-12H2,1H3/t15?,16-,17?,18?/m1/s1. The number of aromatic nitrogens is 2. The first-order valence-electron chi connectivity index (χ1n) is 11.4. The molecule has 0 aromatic carbocycles. The zero-order valence-corrected chi connectivity index (χ0v) is 18.5. The average Bonchev–Trinajstić information content (AvgIpc) is 3.35. The minimum atomic E-state index is 0.0698. The number of thiophene rings is 1. The third-order valence-corrected chi connectivity index (χ3v) is 8.21. The fourth-order valence-electron chi connectivity index (χ4n) is 5.47. The Kier molecular flexibility index (Phi) is 5.90. The van der Waals surface area contributed by atoms with E-state index in [4.69, 9.17) is 9.47 Å². The molecule has 1 unspecified atom stereocenters. The average molecular weight is 427 g/mol. The number of morpholine rings is 1. The second-order valence-electron chi connectivity index (χ2n) is 9.00. The fraction of sp³-hybridized carbons (Fsp3) is 0.696. The van der Waals surface area contributed by atoms with Crippen LogP contribution in [0.2, 0.25) is 0 Å². The number of nitriles is 1. The molecule has 160 valence electrons. The fourth-order valence-corrected chi connectivity index (χ4v) is 6.70. The van der Waals surface area contributed by atoms with Crippen LogP contribution < -0.4 is 4.74 Å².